The van der Waals surface area contributed by atoms with Gasteiger partial charge in [0.05, 0.1) is 6.54 Å². The molecule has 0 heterocycles. The van der Waals surface area contributed by atoms with Crippen LogP contribution in [0.3, 0.4) is 0 Å². The minimum atomic E-state index is 0. The quantitative estimate of drug-likeness (QED) is 0.330. The number of allylic oxidation sites excluding steroid dienone is 1. The summed E-state index contributed by atoms with van der Waals surface area (Å²) in [6.07, 6.45) is 7.39. The summed E-state index contributed by atoms with van der Waals surface area (Å²) in [6, 6.07) is 10.4. The third kappa shape index (κ3) is 6.98. The number of hydrogen-bond donors (Lipinski definition) is 2. The molecular formula is C17H26IN3. The maximum Gasteiger partial charge on any atom is 0.191 e. The van der Waals surface area contributed by atoms with Crippen molar-refractivity contribution < 1.29 is 0 Å². The van der Waals surface area contributed by atoms with Crippen LogP contribution in [-0.2, 0) is 6.54 Å². The Morgan fingerprint density at radius 2 is 2.00 bits per heavy atom. The molecule has 1 aliphatic rings. The summed E-state index contributed by atoms with van der Waals surface area (Å²) in [5.74, 6) is 0.912. The van der Waals surface area contributed by atoms with Crippen LogP contribution in [0.5, 0.6) is 0 Å². The smallest absolute Gasteiger partial charge is 0.191 e. The van der Waals surface area contributed by atoms with Gasteiger partial charge in [0.25, 0.3) is 0 Å². The molecule has 2 N–H and O–H groups in total. The van der Waals surface area contributed by atoms with Crippen molar-refractivity contribution in [1.82, 2.24) is 10.6 Å². The number of aliphatic imine (C=N–C) groups is 1. The first-order valence-electron chi connectivity index (χ1n) is 7.62. The van der Waals surface area contributed by atoms with Gasteiger partial charge in [0.15, 0.2) is 5.96 Å². The molecule has 1 aliphatic carbocycles. The third-order valence-corrected chi connectivity index (χ3v) is 3.48. The summed E-state index contributed by atoms with van der Waals surface area (Å²) in [4.78, 5) is 4.62. The molecule has 0 atom stereocenters. The van der Waals surface area contributed by atoms with Crippen molar-refractivity contribution in [3.05, 3.63) is 47.5 Å². The molecule has 0 saturated heterocycles. The molecule has 0 aromatic heterocycles. The average molecular weight is 399 g/mol. The van der Waals surface area contributed by atoms with Gasteiger partial charge in [0, 0.05) is 13.1 Å². The molecule has 0 bridgehead atoms. The third-order valence-electron chi connectivity index (χ3n) is 3.48. The fourth-order valence-corrected chi connectivity index (χ4v) is 2.40. The van der Waals surface area contributed by atoms with Crippen molar-refractivity contribution in [1.29, 1.82) is 0 Å². The lowest BCUT2D eigenvalue weighted by molar-refractivity contribution is 0.775. The first kappa shape index (κ1) is 18.0. The van der Waals surface area contributed by atoms with Gasteiger partial charge in [-0.25, -0.2) is 4.99 Å². The predicted molar refractivity (Wildman–Crippen MR) is 101 cm³/mol. The summed E-state index contributed by atoms with van der Waals surface area (Å²) in [7, 11) is 0. The summed E-state index contributed by atoms with van der Waals surface area (Å²) in [6.45, 7) is 4.67. The topological polar surface area (TPSA) is 36.4 Å². The maximum atomic E-state index is 4.62. The van der Waals surface area contributed by atoms with E-state index in [2.05, 4.69) is 52.9 Å². The first-order valence-corrected chi connectivity index (χ1v) is 7.62. The van der Waals surface area contributed by atoms with E-state index in [1.807, 2.05) is 6.07 Å². The molecule has 4 heteroatoms. The van der Waals surface area contributed by atoms with Crippen molar-refractivity contribution in [2.24, 2.45) is 4.99 Å². The number of benzene rings is 1. The zero-order chi connectivity index (χ0) is 14.0. The summed E-state index contributed by atoms with van der Waals surface area (Å²) >= 11 is 0. The SMILES string of the molecule is CCNC(=NCc1ccccc1)NCCC1=CCCC1.I. The van der Waals surface area contributed by atoms with Crippen LogP contribution in [0.4, 0.5) is 0 Å². The predicted octanol–water partition coefficient (Wildman–Crippen LogP) is 3.86. The van der Waals surface area contributed by atoms with E-state index in [-0.39, 0.29) is 24.0 Å². The van der Waals surface area contributed by atoms with Gasteiger partial charge in [-0.2, -0.15) is 0 Å². The Labute approximate surface area is 145 Å². The first-order chi connectivity index (χ1) is 9.88. The lowest BCUT2D eigenvalue weighted by Crippen LogP contribution is -2.37. The highest BCUT2D eigenvalue weighted by molar-refractivity contribution is 14.0. The fourth-order valence-electron chi connectivity index (χ4n) is 2.40. The van der Waals surface area contributed by atoms with Gasteiger partial charge in [-0.05, 0) is 38.2 Å². The molecule has 0 saturated carbocycles. The van der Waals surface area contributed by atoms with Gasteiger partial charge < -0.3 is 10.6 Å². The minimum Gasteiger partial charge on any atom is -0.357 e. The molecule has 0 spiro atoms. The van der Waals surface area contributed by atoms with E-state index in [4.69, 9.17) is 0 Å². The highest BCUT2D eigenvalue weighted by Gasteiger charge is 2.04. The molecule has 0 fully saturated rings. The van der Waals surface area contributed by atoms with Crippen molar-refractivity contribution in [3.8, 4) is 0 Å². The van der Waals surface area contributed by atoms with E-state index in [9.17, 15) is 0 Å². The molecular weight excluding hydrogens is 373 g/mol. The lowest BCUT2D eigenvalue weighted by atomic mass is 10.2. The summed E-state index contributed by atoms with van der Waals surface area (Å²) in [5, 5.41) is 6.71. The van der Waals surface area contributed by atoms with E-state index < -0.39 is 0 Å². The van der Waals surface area contributed by atoms with Crippen LogP contribution in [0.1, 0.15) is 38.2 Å². The van der Waals surface area contributed by atoms with E-state index in [0.29, 0.717) is 0 Å². The van der Waals surface area contributed by atoms with Gasteiger partial charge >= 0.3 is 0 Å². The molecule has 116 valence electrons. The van der Waals surface area contributed by atoms with Gasteiger partial charge in [-0.1, -0.05) is 42.0 Å². The number of guanidine groups is 1. The van der Waals surface area contributed by atoms with E-state index in [1.165, 1.54) is 24.8 Å². The Hall–Kier alpha value is -1.04. The number of nitrogens with one attached hydrogen (secondary N) is 2. The summed E-state index contributed by atoms with van der Waals surface area (Å²) in [5.41, 5.74) is 2.83. The van der Waals surface area contributed by atoms with E-state index in [0.717, 1.165) is 32.0 Å². The van der Waals surface area contributed by atoms with Crippen LogP contribution in [0.2, 0.25) is 0 Å². The van der Waals surface area contributed by atoms with Gasteiger partial charge in [-0.15, -0.1) is 24.0 Å². The Morgan fingerprint density at radius 1 is 1.19 bits per heavy atom. The molecule has 3 nitrogen and oxygen atoms in total. The average Bonchev–Trinajstić information content (AvgIpc) is 2.99. The van der Waals surface area contributed by atoms with Gasteiger partial charge in [0.1, 0.15) is 0 Å². The number of nitrogens with zero attached hydrogens (tertiary/aromatic N) is 1. The monoisotopic (exact) mass is 399 g/mol. The zero-order valence-corrected chi connectivity index (χ0v) is 15.1. The molecule has 0 unspecified atom stereocenters. The summed E-state index contributed by atoms with van der Waals surface area (Å²) < 4.78 is 0. The van der Waals surface area contributed by atoms with Crippen LogP contribution >= 0.6 is 24.0 Å². The van der Waals surface area contributed by atoms with Crippen LogP contribution in [-0.4, -0.2) is 19.0 Å². The van der Waals surface area contributed by atoms with Crippen LogP contribution in [0.25, 0.3) is 0 Å². The Kier molecular flexibility index (Phi) is 9.14. The molecule has 2 rings (SSSR count). The van der Waals surface area contributed by atoms with Gasteiger partial charge in [0.2, 0.25) is 0 Å². The molecule has 0 aliphatic heterocycles. The van der Waals surface area contributed by atoms with Crippen LogP contribution in [0, 0.1) is 0 Å². The van der Waals surface area contributed by atoms with Gasteiger partial charge in [-0.3, -0.25) is 0 Å². The fraction of sp³-hybridized carbons (Fsp3) is 0.471. The molecule has 1 aromatic rings. The molecule has 0 amide bonds. The van der Waals surface area contributed by atoms with Crippen molar-refractivity contribution in [2.75, 3.05) is 13.1 Å². The minimum absolute atomic E-state index is 0. The Bertz CT molecular complexity index is 454. The normalized spacial score (nSPS) is 14.3. The Morgan fingerprint density at radius 3 is 2.67 bits per heavy atom. The van der Waals surface area contributed by atoms with Crippen LogP contribution < -0.4 is 10.6 Å². The van der Waals surface area contributed by atoms with E-state index >= 15 is 0 Å². The van der Waals surface area contributed by atoms with Crippen LogP contribution in [0.15, 0.2) is 47.0 Å². The molecule has 0 radical (unpaired) electrons. The highest BCUT2D eigenvalue weighted by atomic mass is 127. The van der Waals surface area contributed by atoms with E-state index in [1.54, 1.807) is 5.57 Å². The number of hydrogen-bond acceptors (Lipinski definition) is 1. The zero-order valence-electron chi connectivity index (χ0n) is 12.8. The Balaban J connectivity index is 0.00000220. The maximum absolute atomic E-state index is 4.62. The van der Waals surface area contributed by atoms with Crippen molar-refractivity contribution in [2.45, 2.75) is 39.2 Å². The standard InChI is InChI=1S/C17H25N3.HI/c1-2-18-17(19-13-12-15-8-6-7-9-15)20-14-16-10-4-3-5-11-16;/h3-5,8,10-11H,2,6-7,9,12-14H2,1H3,(H2,18,19,20);1H. The second-order valence-electron chi connectivity index (χ2n) is 5.11. The number of rotatable bonds is 6. The second kappa shape index (κ2) is 10.7. The van der Waals surface area contributed by atoms with Crippen molar-refractivity contribution in [3.63, 3.8) is 0 Å². The number of halogens is 1. The molecule has 21 heavy (non-hydrogen) atoms. The largest absolute Gasteiger partial charge is 0.357 e. The molecule has 1 aromatic carbocycles. The highest BCUT2D eigenvalue weighted by Crippen LogP contribution is 2.19. The second-order valence-corrected chi connectivity index (χ2v) is 5.11. The van der Waals surface area contributed by atoms with Crippen molar-refractivity contribution >= 4 is 29.9 Å². The lowest BCUT2D eigenvalue weighted by Gasteiger charge is -2.11.